The molecule has 1 aliphatic heterocycles. The van der Waals surface area contributed by atoms with Gasteiger partial charge in [0.05, 0.1) is 12.5 Å². The molecule has 2 aromatic heterocycles. The summed E-state index contributed by atoms with van der Waals surface area (Å²) in [5.74, 6) is 0.495. The zero-order valence-corrected chi connectivity index (χ0v) is 23.9. The predicted molar refractivity (Wildman–Crippen MR) is 147 cm³/mol. The number of nitrogens with one attached hydrogen (secondary N) is 1. The van der Waals surface area contributed by atoms with E-state index in [-0.39, 0.29) is 35.4 Å². The van der Waals surface area contributed by atoms with Crippen molar-refractivity contribution in [2.45, 2.75) is 45.9 Å². The maximum Gasteiger partial charge on any atom is 0.410 e. The fraction of sp³-hybridized carbons (Fsp3) is 0.400. The molecule has 4 rings (SSSR count). The van der Waals surface area contributed by atoms with E-state index in [2.05, 4.69) is 25.3 Å². The molecule has 14 heteroatoms. The van der Waals surface area contributed by atoms with Gasteiger partial charge in [-0.25, -0.2) is 23.2 Å². The highest BCUT2D eigenvalue weighted by Crippen LogP contribution is 2.28. The van der Waals surface area contributed by atoms with Crippen LogP contribution in [0, 0.1) is 0 Å². The second kappa shape index (κ2) is 11.2. The average Bonchev–Trinajstić information content (AvgIpc) is 2.87. The number of halogens is 1. The number of ether oxygens (including phenoxy) is 2. The topological polar surface area (TPSA) is 140 Å². The molecule has 0 bridgehead atoms. The zero-order chi connectivity index (χ0) is 28.4. The van der Waals surface area contributed by atoms with Gasteiger partial charge in [0.2, 0.25) is 21.9 Å². The Morgan fingerprint density at radius 2 is 1.92 bits per heavy atom. The minimum Gasteiger partial charge on any atom is -0.470 e. The molecule has 0 spiro atoms. The first-order valence-corrected chi connectivity index (χ1v) is 14.3. The number of nitrogens with zero attached hydrogens (tertiary/aromatic N) is 6. The fourth-order valence-electron chi connectivity index (χ4n) is 3.77. The predicted octanol–water partition coefficient (Wildman–Crippen LogP) is 3.93. The second-order valence-electron chi connectivity index (χ2n) is 9.95. The van der Waals surface area contributed by atoms with Crippen LogP contribution < -0.4 is 14.4 Å². The minimum atomic E-state index is -3.54. The highest BCUT2D eigenvalue weighted by molar-refractivity contribution is 7.92. The molecule has 3 aromatic rings. The van der Waals surface area contributed by atoms with E-state index < -0.39 is 15.6 Å². The molecule has 208 valence electrons. The highest BCUT2D eigenvalue weighted by atomic mass is 35.5. The van der Waals surface area contributed by atoms with E-state index in [0.717, 1.165) is 27.4 Å². The van der Waals surface area contributed by atoms with Crippen LogP contribution in [0.15, 0.2) is 36.8 Å². The molecule has 0 saturated heterocycles. The molecule has 39 heavy (non-hydrogen) atoms. The summed E-state index contributed by atoms with van der Waals surface area (Å²) in [4.78, 5) is 31.0. The molecule has 1 amide bonds. The minimum absolute atomic E-state index is 0.0961. The summed E-state index contributed by atoms with van der Waals surface area (Å²) in [6.45, 7) is 6.45. The lowest BCUT2D eigenvalue weighted by Gasteiger charge is -2.31. The summed E-state index contributed by atoms with van der Waals surface area (Å²) in [5, 5.41) is 3.33. The van der Waals surface area contributed by atoms with Crippen LogP contribution in [0.4, 0.5) is 22.2 Å². The van der Waals surface area contributed by atoms with Gasteiger partial charge >= 0.3 is 6.09 Å². The maximum absolute atomic E-state index is 12.4. The Balaban J connectivity index is 1.45. The van der Waals surface area contributed by atoms with E-state index >= 15 is 0 Å². The van der Waals surface area contributed by atoms with Gasteiger partial charge < -0.3 is 19.7 Å². The number of sulfonamides is 1. The van der Waals surface area contributed by atoms with Gasteiger partial charge in [0.1, 0.15) is 22.9 Å². The van der Waals surface area contributed by atoms with Crippen LogP contribution in [0.5, 0.6) is 5.88 Å². The Morgan fingerprint density at radius 1 is 1.18 bits per heavy atom. The number of aromatic nitrogens is 4. The van der Waals surface area contributed by atoms with Gasteiger partial charge in [-0.1, -0.05) is 17.7 Å². The van der Waals surface area contributed by atoms with E-state index in [1.165, 1.54) is 25.6 Å². The van der Waals surface area contributed by atoms with E-state index in [4.69, 9.17) is 21.1 Å². The van der Waals surface area contributed by atoms with Crippen molar-refractivity contribution in [2.75, 3.05) is 29.5 Å². The average molecular weight is 576 g/mol. The van der Waals surface area contributed by atoms with Crippen molar-refractivity contribution >= 4 is 45.2 Å². The number of benzene rings is 1. The number of anilines is 3. The SMILES string of the molecule is CN(c1nccnc1COc1nc(Nc2ccc3c(c2)CCN(C(=O)OC(C)(C)C)C3)ncc1Cl)S(C)(=O)=O. The summed E-state index contributed by atoms with van der Waals surface area (Å²) < 4.78 is 36.2. The van der Waals surface area contributed by atoms with Crippen molar-refractivity contribution < 1.29 is 22.7 Å². The summed E-state index contributed by atoms with van der Waals surface area (Å²) in [5.41, 5.74) is 2.66. The molecular weight excluding hydrogens is 546 g/mol. The van der Waals surface area contributed by atoms with Crippen molar-refractivity contribution in [2.24, 2.45) is 0 Å². The maximum atomic E-state index is 12.4. The van der Waals surface area contributed by atoms with Gasteiger partial charge in [-0.15, -0.1) is 0 Å². The van der Waals surface area contributed by atoms with Crippen molar-refractivity contribution in [3.8, 4) is 5.88 Å². The van der Waals surface area contributed by atoms with Crippen molar-refractivity contribution in [1.82, 2.24) is 24.8 Å². The highest BCUT2D eigenvalue weighted by Gasteiger charge is 2.26. The van der Waals surface area contributed by atoms with Gasteiger partial charge in [-0.3, -0.25) is 9.29 Å². The number of hydrogen-bond acceptors (Lipinski definition) is 10. The normalized spacial score (nSPS) is 13.4. The van der Waals surface area contributed by atoms with Crippen molar-refractivity contribution in [1.29, 1.82) is 0 Å². The Morgan fingerprint density at radius 3 is 2.64 bits per heavy atom. The number of amides is 1. The second-order valence-corrected chi connectivity index (χ2v) is 12.4. The van der Waals surface area contributed by atoms with Crippen LogP contribution >= 0.6 is 11.6 Å². The molecule has 1 aromatic carbocycles. The molecule has 0 atom stereocenters. The number of carbonyl (C=O) groups excluding carboxylic acids is 1. The van der Waals surface area contributed by atoms with Gasteiger partial charge in [0, 0.05) is 38.2 Å². The monoisotopic (exact) mass is 575 g/mol. The Bertz CT molecular complexity index is 1480. The Kier molecular flexibility index (Phi) is 8.12. The lowest BCUT2D eigenvalue weighted by molar-refractivity contribution is 0.0224. The Hall–Kier alpha value is -3.71. The zero-order valence-electron chi connectivity index (χ0n) is 22.3. The molecule has 0 unspecified atom stereocenters. The van der Waals surface area contributed by atoms with Crippen LogP contribution in [-0.4, -0.2) is 64.8 Å². The molecule has 0 aliphatic carbocycles. The van der Waals surface area contributed by atoms with Gasteiger partial charge in [-0.2, -0.15) is 4.98 Å². The lowest BCUT2D eigenvalue weighted by atomic mass is 9.99. The number of rotatable bonds is 7. The van der Waals surface area contributed by atoms with Gasteiger partial charge in [0.15, 0.2) is 5.82 Å². The first kappa shape index (κ1) is 28.3. The molecular formula is C25H30ClN7O5S. The van der Waals surface area contributed by atoms with Gasteiger partial charge in [0.25, 0.3) is 0 Å². The molecule has 0 fully saturated rings. The van der Waals surface area contributed by atoms with E-state index in [9.17, 15) is 13.2 Å². The van der Waals surface area contributed by atoms with Crippen molar-refractivity contribution in [3.63, 3.8) is 0 Å². The van der Waals surface area contributed by atoms with E-state index in [1.54, 1.807) is 4.90 Å². The standard InChI is InChI=1S/C25H30ClN7O5S/c1-25(2,3)38-24(34)33-11-8-16-12-18(7-6-17(16)14-33)30-23-29-13-19(26)22(31-23)37-15-20-21(28-10-9-27-20)32(4)39(5,35)36/h6-7,9-10,12-13H,8,11,14-15H2,1-5H3,(H,29,30,31). The van der Waals surface area contributed by atoms with Crippen LogP contribution in [0.3, 0.4) is 0 Å². The first-order chi connectivity index (χ1) is 18.3. The molecule has 1 aliphatic rings. The third-order valence-corrected chi connectivity index (χ3v) is 7.16. The number of carbonyl (C=O) groups is 1. The van der Waals surface area contributed by atoms with Crippen LogP contribution in [0.2, 0.25) is 5.02 Å². The van der Waals surface area contributed by atoms with Crippen molar-refractivity contribution in [3.05, 3.63) is 58.6 Å². The summed E-state index contributed by atoms with van der Waals surface area (Å²) >= 11 is 6.25. The third kappa shape index (κ3) is 7.24. The third-order valence-electron chi connectivity index (χ3n) is 5.73. The number of fused-ring (bicyclic) bond motifs is 1. The van der Waals surface area contributed by atoms with Crippen LogP contribution in [-0.2, 0) is 34.3 Å². The molecule has 3 heterocycles. The summed E-state index contributed by atoms with van der Waals surface area (Å²) in [6, 6.07) is 5.82. The van der Waals surface area contributed by atoms with Gasteiger partial charge in [-0.05, 0) is 50.5 Å². The smallest absolute Gasteiger partial charge is 0.410 e. The molecule has 1 N–H and O–H groups in total. The summed E-state index contributed by atoms with van der Waals surface area (Å²) in [7, 11) is -2.16. The molecule has 0 radical (unpaired) electrons. The van der Waals surface area contributed by atoms with Crippen LogP contribution in [0.25, 0.3) is 0 Å². The fourth-order valence-corrected chi connectivity index (χ4v) is 4.39. The first-order valence-electron chi connectivity index (χ1n) is 12.1. The van der Waals surface area contributed by atoms with E-state index in [0.29, 0.717) is 25.2 Å². The van der Waals surface area contributed by atoms with E-state index in [1.807, 2.05) is 39.0 Å². The largest absolute Gasteiger partial charge is 0.470 e. The quantitative estimate of drug-likeness (QED) is 0.440. The molecule has 0 saturated carbocycles. The molecule has 12 nitrogen and oxygen atoms in total. The Labute approximate surface area is 232 Å². The summed E-state index contributed by atoms with van der Waals surface area (Å²) in [6.07, 6.45) is 5.67. The number of hydrogen-bond donors (Lipinski definition) is 1. The lowest BCUT2D eigenvalue weighted by Crippen LogP contribution is -2.39. The van der Waals surface area contributed by atoms with Crippen LogP contribution in [0.1, 0.15) is 37.6 Å².